The minimum Gasteiger partial charge on any atom is -0.356 e. The zero-order valence-corrected chi connectivity index (χ0v) is 16.1. The number of carbonyl (C=O) groups excluding carboxylic acids is 1. The number of amides is 1. The average Bonchev–Trinajstić information content (AvgIpc) is 2.59. The third-order valence-electron chi connectivity index (χ3n) is 6.52. The summed E-state index contributed by atoms with van der Waals surface area (Å²) in [6, 6.07) is 2.01. The number of rotatable bonds is 3. The minimum absolute atomic E-state index is 0.205. The summed E-state index contributed by atoms with van der Waals surface area (Å²) >= 11 is 0. The first-order valence-electron chi connectivity index (χ1n) is 10.0. The summed E-state index contributed by atoms with van der Waals surface area (Å²) in [5, 5.41) is 7.20. The highest BCUT2D eigenvalue weighted by molar-refractivity contribution is 5.80. The molecule has 2 N–H and O–H groups in total. The number of nitrogens with one attached hydrogen (secondary N) is 2. The third kappa shape index (κ3) is 4.66. The van der Waals surface area contributed by atoms with E-state index in [1.807, 2.05) is 11.9 Å². The highest BCUT2D eigenvalue weighted by Gasteiger charge is 2.36. The number of nitrogens with zero attached hydrogens (tertiary/aromatic N) is 3. The predicted molar refractivity (Wildman–Crippen MR) is 102 cm³/mol. The second-order valence-electron chi connectivity index (χ2n) is 8.12. The van der Waals surface area contributed by atoms with Gasteiger partial charge in [0.05, 0.1) is 0 Å². The van der Waals surface area contributed by atoms with Gasteiger partial charge < -0.3 is 20.4 Å². The molecule has 2 unspecified atom stereocenters. The summed E-state index contributed by atoms with van der Waals surface area (Å²) in [5.41, 5.74) is 0. The van der Waals surface area contributed by atoms with Crippen LogP contribution in [0.25, 0.3) is 0 Å². The van der Waals surface area contributed by atoms with E-state index >= 15 is 0 Å². The molecule has 1 amide bonds. The van der Waals surface area contributed by atoms with Gasteiger partial charge in [-0.25, -0.2) is 0 Å². The van der Waals surface area contributed by atoms with Crippen LogP contribution in [0.5, 0.6) is 0 Å². The Kier molecular flexibility index (Phi) is 6.20. The van der Waals surface area contributed by atoms with Crippen molar-refractivity contribution in [2.45, 2.75) is 70.0 Å². The van der Waals surface area contributed by atoms with E-state index in [4.69, 9.17) is 0 Å². The van der Waals surface area contributed by atoms with Crippen LogP contribution < -0.4 is 10.6 Å². The third-order valence-corrected chi connectivity index (χ3v) is 6.52. The molecule has 0 aromatic carbocycles. The van der Waals surface area contributed by atoms with Crippen molar-refractivity contribution in [2.24, 2.45) is 10.9 Å². The largest absolute Gasteiger partial charge is 0.356 e. The Labute approximate surface area is 152 Å². The molecule has 142 valence electrons. The molecule has 6 heteroatoms. The van der Waals surface area contributed by atoms with Crippen molar-refractivity contribution in [3.63, 3.8) is 0 Å². The first-order chi connectivity index (χ1) is 12.1. The number of likely N-dealkylation sites (tertiary alicyclic amines) is 1. The summed E-state index contributed by atoms with van der Waals surface area (Å²) in [6.45, 7) is 4.41. The quantitative estimate of drug-likeness (QED) is 0.598. The van der Waals surface area contributed by atoms with E-state index in [1.54, 1.807) is 6.92 Å². The van der Waals surface area contributed by atoms with Crippen LogP contribution in [-0.4, -0.2) is 73.5 Å². The van der Waals surface area contributed by atoms with E-state index in [0.29, 0.717) is 12.0 Å². The van der Waals surface area contributed by atoms with Crippen LogP contribution in [0.4, 0.5) is 0 Å². The summed E-state index contributed by atoms with van der Waals surface area (Å²) < 4.78 is 0. The second kappa shape index (κ2) is 8.39. The number of carbonyl (C=O) groups is 1. The first-order valence-corrected chi connectivity index (χ1v) is 10.0. The Hall–Kier alpha value is -1.30. The molecule has 3 aliphatic rings. The molecule has 3 fully saturated rings. The fourth-order valence-electron chi connectivity index (χ4n) is 4.81. The Morgan fingerprint density at radius 2 is 1.76 bits per heavy atom. The summed E-state index contributed by atoms with van der Waals surface area (Å²) in [5.74, 6) is 1.78. The Bertz CT molecular complexity index is 472. The molecule has 3 saturated heterocycles. The van der Waals surface area contributed by atoms with Crippen LogP contribution in [-0.2, 0) is 4.79 Å². The molecule has 6 nitrogen and oxygen atoms in total. The molecule has 3 heterocycles. The zero-order chi connectivity index (χ0) is 17.8. The summed E-state index contributed by atoms with van der Waals surface area (Å²) in [4.78, 5) is 20.4. The van der Waals surface area contributed by atoms with Crippen LogP contribution in [0.2, 0.25) is 0 Å². The number of guanidine groups is 1. The van der Waals surface area contributed by atoms with Gasteiger partial charge in [-0.3, -0.25) is 9.79 Å². The van der Waals surface area contributed by atoms with Crippen molar-refractivity contribution in [3.8, 4) is 0 Å². The van der Waals surface area contributed by atoms with Gasteiger partial charge in [0.15, 0.2) is 5.96 Å². The van der Waals surface area contributed by atoms with Crippen molar-refractivity contribution < 1.29 is 4.79 Å². The van der Waals surface area contributed by atoms with Gasteiger partial charge in [-0.15, -0.1) is 0 Å². The number of hydrogen-bond acceptors (Lipinski definition) is 3. The second-order valence-corrected chi connectivity index (χ2v) is 8.12. The smallest absolute Gasteiger partial charge is 0.219 e. The van der Waals surface area contributed by atoms with Crippen LogP contribution in [0.3, 0.4) is 0 Å². The van der Waals surface area contributed by atoms with Gasteiger partial charge >= 0.3 is 0 Å². The van der Waals surface area contributed by atoms with E-state index in [0.717, 1.165) is 50.5 Å². The fourth-order valence-corrected chi connectivity index (χ4v) is 4.81. The van der Waals surface area contributed by atoms with Crippen molar-refractivity contribution >= 4 is 11.9 Å². The van der Waals surface area contributed by atoms with Crippen molar-refractivity contribution in [1.29, 1.82) is 0 Å². The molecule has 2 bridgehead atoms. The minimum atomic E-state index is 0.205. The van der Waals surface area contributed by atoms with Gasteiger partial charge in [0.25, 0.3) is 0 Å². The van der Waals surface area contributed by atoms with Crippen LogP contribution in [0, 0.1) is 5.92 Å². The van der Waals surface area contributed by atoms with Crippen LogP contribution >= 0.6 is 0 Å². The number of aliphatic imine (C=N–C) groups is 1. The normalized spacial score (nSPS) is 31.7. The maximum atomic E-state index is 11.4. The van der Waals surface area contributed by atoms with E-state index < -0.39 is 0 Å². The molecule has 0 aromatic heterocycles. The first kappa shape index (κ1) is 18.5. The predicted octanol–water partition coefficient (Wildman–Crippen LogP) is 1.43. The van der Waals surface area contributed by atoms with Crippen LogP contribution in [0.1, 0.15) is 51.9 Å². The van der Waals surface area contributed by atoms with Gasteiger partial charge in [0.1, 0.15) is 0 Å². The molecule has 2 atom stereocenters. The zero-order valence-electron chi connectivity index (χ0n) is 16.1. The lowest BCUT2D eigenvalue weighted by Gasteiger charge is -2.47. The lowest BCUT2D eigenvalue weighted by atomic mass is 9.82. The highest BCUT2D eigenvalue weighted by atomic mass is 16.2. The molecule has 25 heavy (non-hydrogen) atoms. The highest BCUT2D eigenvalue weighted by Crippen LogP contribution is 2.32. The van der Waals surface area contributed by atoms with Crippen LogP contribution in [0.15, 0.2) is 4.99 Å². The van der Waals surface area contributed by atoms with E-state index in [2.05, 4.69) is 27.6 Å². The van der Waals surface area contributed by atoms with E-state index in [9.17, 15) is 4.79 Å². The summed E-state index contributed by atoms with van der Waals surface area (Å²) in [6.07, 6.45) is 8.69. The average molecular weight is 350 g/mol. The van der Waals surface area contributed by atoms with Gasteiger partial charge in [0, 0.05) is 51.7 Å². The molecular weight excluding hydrogens is 314 g/mol. The van der Waals surface area contributed by atoms with Gasteiger partial charge in [0.2, 0.25) is 5.91 Å². The van der Waals surface area contributed by atoms with Gasteiger partial charge in [-0.1, -0.05) is 6.42 Å². The topological polar surface area (TPSA) is 60.0 Å². The molecule has 3 rings (SSSR count). The molecular formula is C19H35N5O. The molecule has 0 saturated carbocycles. The maximum absolute atomic E-state index is 11.4. The SMILES string of the molecule is CN=C(NCC1CCN(C(C)=O)CC1)NC1CC2CCCC(C1)N2C. The standard InChI is InChI=1S/C19H35N5O/c1-14(25)24-9-7-15(8-10-24)13-21-19(20-2)22-16-11-17-5-4-6-18(12-16)23(17)3/h15-18H,4-13H2,1-3H3,(H2,20,21,22). The Morgan fingerprint density at radius 3 is 2.32 bits per heavy atom. The Morgan fingerprint density at radius 1 is 1.12 bits per heavy atom. The maximum Gasteiger partial charge on any atom is 0.219 e. The van der Waals surface area contributed by atoms with Gasteiger partial charge in [-0.2, -0.15) is 0 Å². The number of hydrogen-bond donors (Lipinski definition) is 2. The Balaban J connectivity index is 1.42. The molecule has 0 spiro atoms. The lowest BCUT2D eigenvalue weighted by Crippen LogP contribution is -2.57. The fraction of sp³-hybridized carbons (Fsp3) is 0.895. The summed E-state index contributed by atoms with van der Waals surface area (Å²) in [7, 11) is 4.16. The molecule has 3 aliphatic heterocycles. The lowest BCUT2D eigenvalue weighted by molar-refractivity contribution is -0.130. The number of piperidine rings is 3. The monoisotopic (exact) mass is 349 g/mol. The molecule has 0 aromatic rings. The number of fused-ring (bicyclic) bond motifs is 2. The van der Waals surface area contributed by atoms with Crippen molar-refractivity contribution in [1.82, 2.24) is 20.4 Å². The molecule has 0 aliphatic carbocycles. The van der Waals surface area contributed by atoms with E-state index in [-0.39, 0.29) is 5.91 Å². The van der Waals surface area contributed by atoms with E-state index in [1.165, 1.54) is 32.1 Å². The van der Waals surface area contributed by atoms with Crippen molar-refractivity contribution in [3.05, 3.63) is 0 Å². The molecule has 0 radical (unpaired) electrons. The van der Waals surface area contributed by atoms with Crippen molar-refractivity contribution in [2.75, 3.05) is 33.7 Å². The van der Waals surface area contributed by atoms with Gasteiger partial charge in [-0.05, 0) is 51.5 Å².